The quantitative estimate of drug-likeness (QED) is 0.280. The number of allylic oxidation sites excluding steroid dienone is 2. The molecule has 0 N–H and O–H groups in total. The van der Waals surface area contributed by atoms with Crippen molar-refractivity contribution in [3.63, 3.8) is 0 Å². The number of hydrogen-bond donors (Lipinski definition) is 0. The molecule has 0 radical (unpaired) electrons. The van der Waals surface area contributed by atoms with E-state index in [0.717, 1.165) is 0 Å². The first kappa shape index (κ1) is 13.5. The van der Waals surface area contributed by atoms with Gasteiger partial charge in [-0.1, -0.05) is 35.9 Å². The van der Waals surface area contributed by atoms with Gasteiger partial charge in [-0.15, -0.1) is 0 Å². The number of ketones is 1. The summed E-state index contributed by atoms with van der Waals surface area (Å²) in [6.45, 7) is 1.69. The third-order valence-electron chi connectivity index (χ3n) is 3.06. The number of carbonyl (C=O) groups is 1. The summed E-state index contributed by atoms with van der Waals surface area (Å²) in [5.74, 6) is -0.142. The van der Waals surface area contributed by atoms with Crippen LogP contribution in [0.2, 0.25) is 0 Å². The van der Waals surface area contributed by atoms with E-state index in [2.05, 4.69) is 0 Å². The molecule has 0 saturated carbocycles. The van der Waals surface area contributed by atoms with E-state index < -0.39 is 9.92 Å². The molecule has 0 bridgehead atoms. The molecule has 0 spiro atoms. The van der Waals surface area contributed by atoms with Crippen LogP contribution < -0.4 is 0 Å². The summed E-state index contributed by atoms with van der Waals surface area (Å²) >= 11 is 5.89. The van der Waals surface area contributed by atoms with Gasteiger partial charge in [0.05, 0.1) is 6.42 Å². The monoisotopic (exact) mass is 277 g/mol. The zero-order chi connectivity index (χ0) is 14.0. The summed E-state index contributed by atoms with van der Waals surface area (Å²) in [6, 6.07) is 8.81. The van der Waals surface area contributed by atoms with Crippen LogP contribution in [0.25, 0.3) is 0 Å². The number of nitrogens with zero attached hydrogens (tertiary/aromatic N) is 1. The van der Waals surface area contributed by atoms with Crippen molar-refractivity contribution in [1.29, 1.82) is 0 Å². The number of benzene rings is 1. The lowest BCUT2D eigenvalue weighted by atomic mass is 9.90. The van der Waals surface area contributed by atoms with E-state index in [1.165, 1.54) is 12.2 Å². The largest absolute Gasteiger partial charge is 0.317 e. The predicted octanol–water partition coefficient (Wildman–Crippen LogP) is 3.36. The molecule has 0 saturated heterocycles. The fourth-order valence-corrected chi connectivity index (χ4v) is 2.28. The molecule has 1 atom stereocenters. The Labute approximate surface area is 115 Å². The number of nitro groups is 1. The minimum Gasteiger partial charge on any atom is -0.289 e. The molecule has 0 fully saturated rings. The van der Waals surface area contributed by atoms with Crippen LogP contribution in [0, 0.1) is 10.1 Å². The molecule has 0 aromatic heterocycles. The molecule has 4 nitrogen and oxygen atoms in total. The van der Waals surface area contributed by atoms with E-state index in [4.69, 9.17) is 11.6 Å². The van der Waals surface area contributed by atoms with Gasteiger partial charge >= 0.3 is 5.00 Å². The highest BCUT2D eigenvalue weighted by Gasteiger charge is 2.40. The van der Waals surface area contributed by atoms with Crippen molar-refractivity contribution in [2.75, 3.05) is 0 Å². The maximum absolute atomic E-state index is 12.3. The molecule has 0 aliphatic heterocycles. The SMILES string of the molecule is CC1=C(C(=O)c2ccccc2)C=CC(Cl)([N+](=O)[O-])C1. The molecule has 98 valence electrons. The Morgan fingerprint density at radius 1 is 1.37 bits per heavy atom. The van der Waals surface area contributed by atoms with E-state index in [0.29, 0.717) is 16.7 Å². The Hall–Kier alpha value is -1.94. The van der Waals surface area contributed by atoms with Crippen molar-refractivity contribution >= 4 is 17.4 Å². The summed E-state index contributed by atoms with van der Waals surface area (Å²) in [7, 11) is 0. The second kappa shape index (κ2) is 4.97. The second-order valence-electron chi connectivity index (χ2n) is 4.47. The predicted molar refractivity (Wildman–Crippen MR) is 72.8 cm³/mol. The number of carbonyl (C=O) groups excluding carboxylic acids is 1. The molecule has 1 aromatic carbocycles. The Bertz CT molecular complexity index is 592. The first-order chi connectivity index (χ1) is 8.94. The van der Waals surface area contributed by atoms with Gasteiger partial charge in [0, 0.05) is 22.1 Å². The van der Waals surface area contributed by atoms with Crippen molar-refractivity contribution < 1.29 is 9.72 Å². The molecule has 1 aliphatic carbocycles. The average Bonchev–Trinajstić information content (AvgIpc) is 2.39. The van der Waals surface area contributed by atoms with Gasteiger partial charge in [-0.25, -0.2) is 0 Å². The highest BCUT2D eigenvalue weighted by molar-refractivity contribution is 6.24. The Kier molecular flexibility index (Phi) is 3.53. The molecular weight excluding hydrogens is 266 g/mol. The summed E-state index contributed by atoms with van der Waals surface area (Å²) < 4.78 is 0. The van der Waals surface area contributed by atoms with Crippen LogP contribution in [-0.4, -0.2) is 15.7 Å². The number of hydrogen-bond acceptors (Lipinski definition) is 3. The third-order valence-corrected chi connectivity index (χ3v) is 3.46. The first-order valence-corrected chi connectivity index (χ1v) is 6.14. The lowest BCUT2D eigenvalue weighted by Crippen LogP contribution is -2.32. The molecule has 5 heteroatoms. The van der Waals surface area contributed by atoms with Gasteiger partial charge < -0.3 is 0 Å². The number of rotatable bonds is 3. The first-order valence-electron chi connectivity index (χ1n) is 5.76. The summed E-state index contributed by atoms with van der Waals surface area (Å²) in [4.78, 5) is 21.0. The van der Waals surface area contributed by atoms with Gasteiger partial charge in [0.2, 0.25) is 0 Å². The van der Waals surface area contributed by atoms with Gasteiger partial charge in [-0.3, -0.25) is 14.9 Å². The lowest BCUT2D eigenvalue weighted by molar-refractivity contribution is -0.527. The summed E-state index contributed by atoms with van der Waals surface area (Å²) in [5.41, 5.74) is 1.66. The van der Waals surface area contributed by atoms with Crippen molar-refractivity contribution in [3.05, 3.63) is 69.3 Å². The fourth-order valence-electron chi connectivity index (χ4n) is 2.02. The maximum atomic E-state index is 12.3. The number of Topliss-reactive ketones (excluding diaryl/α,β-unsaturated/α-hetero) is 1. The topological polar surface area (TPSA) is 60.2 Å². The van der Waals surface area contributed by atoms with Crippen molar-refractivity contribution in [2.24, 2.45) is 0 Å². The molecular formula is C14H12ClNO3. The standard InChI is InChI=1S/C14H12ClNO3/c1-10-9-14(15,16(18)19)8-7-12(10)13(17)11-5-3-2-4-6-11/h2-8H,9H2,1H3. The van der Waals surface area contributed by atoms with Crippen LogP contribution in [0.1, 0.15) is 23.7 Å². The van der Waals surface area contributed by atoms with Crippen LogP contribution in [0.15, 0.2) is 53.6 Å². The highest BCUT2D eigenvalue weighted by Crippen LogP contribution is 2.33. The van der Waals surface area contributed by atoms with E-state index in [1.54, 1.807) is 31.2 Å². The minimum absolute atomic E-state index is 0.0337. The van der Waals surface area contributed by atoms with E-state index >= 15 is 0 Å². The van der Waals surface area contributed by atoms with Gasteiger partial charge in [-0.2, -0.15) is 0 Å². The molecule has 0 amide bonds. The molecule has 0 heterocycles. The van der Waals surface area contributed by atoms with Gasteiger partial charge in [0.15, 0.2) is 5.78 Å². The Morgan fingerprint density at radius 2 is 2.00 bits per heavy atom. The average molecular weight is 278 g/mol. The molecule has 1 unspecified atom stereocenters. The van der Waals surface area contributed by atoms with Gasteiger partial charge in [0.1, 0.15) is 0 Å². The zero-order valence-corrected chi connectivity index (χ0v) is 11.1. The molecule has 1 aromatic rings. The second-order valence-corrected chi connectivity index (χ2v) is 5.13. The molecule has 19 heavy (non-hydrogen) atoms. The summed E-state index contributed by atoms with van der Waals surface area (Å²) in [6.07, 6.45) is 2.76. The van der Waals surface area contributed by atoms with Gasteiger partial charge in [-0.05, 0) is 24.6 Å². The van der Waals surface area contributed by atoms with Crippen molar-refractivity contribution in [2.45, 2.75) is 18.3 Å². The van der Waals surface area contributed by atoms with Crippen LogP contribution in [0.5, 0.6) is 0 Å². The van der Waals surface area contributed by atoms with Crippen LogP contribution in [0.3, 0.4) is 0 Å². The summed E-state index contributed by atoms with van der Waals surface area (Å²) in [5, 5.41) is 10.9. The minimum atomic E-state index is -1.63. The van der Waals surface area contributed by atoms with E-state index in [9.17, 15) is 14.9 Å². The maximum Gasteiger partial charge on any atom is 0.317 e. The Morgan fingerprint density at radius 3 is 2.53 bits per heavy atom. The molecule has 1 aliphatic rings. The normalized spacial score (nSPS) is 22.4. The fraction of sp³-hybridized carbons (Fsp3) is 0.214. The van der Waals surface area contributed by atoms with E-state index in [1.807, 2.05) is 6.07 Å². The third kappa shape index (κ3) is 2.58. The van der Waals surface area contributed by atoms with Crippen LogP contribution >= 0.6 is 11.6 Å². The van der Waals surface area contributed by atoms with Crippen LogP contribution in [0.4, 0.5) is 0 Å². The van der Waals surface area contributed by atoms with Crippen molar-refractivity contribution in [3.8, 4) is 0 Å². The number of halogens is 1. The number of alkyl halides is 1. The zero-order valence-electron chi connectivity index (χ0n) is 10.3. The van der Waals surface area contributed by atoms with E-state index in [-0.39, 0.29) is 12.2 Å². The smallest absolute Gasteiger partial charge is 0.289 e. The van der Waals surface area contributed by atoms with Gasteiger partial charge in [0.25, 0.3) is 0 Å². The lowest BCUT2D eigenvalue weighted by Gasteiger charge is -2.20. The Balaban J connectivity index is 2.32. The highest BCUT2D eigenvalue weighted by atomic mass is 35.5. The van der Waals surface area contributed by atoms with Crippen molar-refractivity contribution in [1.82, 2.24) is 0 Å². The van der Waals surface area contributed by atoms with Crippen LogP contribution in [-0.2, 0) is 0 Å². The molecule has 2 rings (SSSR count).